The van der Waals surface area contributed by atoms with Crippen molar-refractivity contribution in [2.24, 2.45) is 0 Å². The van der Waals surface area contributed by atoms with Crippen molar-refractivity contribution in [1.29, 1.82) is 0 Å². The molecule has 26 heavy (non-hydrogen) atoms. The molecule has 0 aromatic heterocycles. The van der Waals surface area contributed by atoms with Crippen LogP contribution in [0.4, 0.5) is 0 Å². The molecule has 7 heteroatoms. The first-order chi connectivity index (χ1) is 12.5. The first-order valence-corrected chi connectivity index (χ1v) is 8.40. The molecule has 1 N–H and O–H groups in total. The van der Waals surface area contributed by atoms with Gasteiger partial charge in [0.25, 0.3) is 5.91 Å². The van der Waals surface area contributed by atoms with Crippen molar-refractivity contribution in [3.63, 3.8) is 0 Å². The highest BCUT2D eigenvalue weighted by Crippen LogP contribution is 2.28. The molecule has 2 rings (SSSR count). The minimum absolute atomic E-state index is 0.278. The minimum atomic E-state index is -0.616. The summed E-state index contributed by atoms with van der Waals surface area (Å²) in [5.74, 6) is -0.0529. The average molecular weight is 378 g/mol. The second-order valence-electron chi connectivity index (χ2n) is 5.28. The Morgan fingerprint density at radius 2 is 1.81 bits per heavy atom. The Morgan fingerprint density at radius 3 is 2.46 bits per heavy atom. The number of rotatable bonds is 8. The number of ether oxygens (including phenoxy) is 3. The fourth-order valence-corrected chi connectivity index (χ4v) is 2.27. The van der Waals surface area contributed by atoms with E-state index in [0.29, 0.717) is 29.7 Å². The van der Waals surface area contributed by atoms with Crippen molar-refractivity contribution in [2.45, 2.75) is 13.5 Å². The topological polar surface area (TPSA) is 73.9 Å². The van der Waals surface area contributed by atoms with Crippen LogP contribution in [-0.4, -0.2) is 32.2 Å². The van der Waals surface area contributed by atoms with Gasteiger partial charge in [-0.05, 0) is 42.8 Å². The summed E-state index contributed by atoms with van der Waals surface area (Å²) in [7, 11) is 1.51. The summed E-state index contributed by atoms with van der Waals surface area (Å²) in [4.78, 5) is 23.9. The highest BCUT2D eigenvalue weighted by molar-refractivity contribution is 6.30. The molecule has 138 valence electrons. The maximum absolute atomic E-state index is 12.1. The standard InChI is InChI=1S/C19H20ClNO5/c1-3-25-17-10-14(6-9-16(17)24-2)19(23)26-12-18(22)21-11-13-4-7-15(20)8-5-13/h4-10H,3,11-12H2,1-2H3,(H,21,22). The lowest BCUT2D eigenvalue weighted by atomic mass is 10.2. The van der Waals surface area contributed by atoms with Gasteiger partial charge < -0.3 is 19.5 Å². The highest BCUT2D eigenvalue weighted by Gasteiger charge is 2.14. The number of halogens is 1. The summed E-state index contributed by atoms with van der Waals surface area (Å²) in [6.07, 6.45) is 0. The van der Waals surface area contributed by atoms with E-state index < -0.39 is 11.9 Å². The molecule has 0 aliphatic carbocycles. The SMILES string of the molecule is CCOc1cc(C(=O)OCC(=O)NCc2ccc(Cl)cc2)ccc1OC. The maximum Gasteiger partial charge on any atom is 0.338 e. The van der Waals surface area contributed by atoms with E-state index in [4.69, 9.17) is 25.8 Å². The van der Waals surface area contributed by atoms with E-state index in [9.17, 15) is 9.59 Å². The summed E-state index contributed by atoms with van der Waals surface area (Å²) in [6, 6.07) is 11.8. The minimum Gasteiger partial charge on any atom is -0.493 e. The second-order valence-corrected chi connectivity index (χ2v) is 5.71. The Hall–Kier alpha value is -2.73. The zero-order valence-corrected chi connectivity index (χ0v) is 15.3. The quantitative estimate of drug-likeness (QED) is 0.715. The molecule has 1 amide bonds. The van der Waals surface area contributed by atoms with E-state index in [-0.39, 0.29) is 12.2 Å². The normalized spacial score (nSPS) is 10.1. The van der Waals surface area contributed by atoms with Crippen LogP contribution in [0.5, 0.6) is 11.5 Å². The van der Waals surface area contributed by atoms with Crippen LogP contribution in [0.15, 0.2) is 42.5 Å². The molecule has 0 atom stereocenters. The number of amides is 1. The van der Waals surface area contributed by atoms with E-state index in [1.54, 1.807) is 36.4 Å². The Balaban J connectivity index is 1.86. The number of carbonyl (C=O) groups excluding carboxylic acids is 2. The van der Waals surface area contributed by atoms with Crippen LogP contribution in [-0.2, 0) is 16.1 Å². The van der Waals surface area contributed by atoms with Gasteiger partial charge >= 0.3 is 5.97 Å². The number of hydrogen-bond acceptors (Lipinski definition) is 5. The van der Waals surface area contributed by atoms with Crippen molar-refractivity contribution in [2.75, 3.05) is 20.3 Å². The largest absolute Gasteiger partial charge is 0.493 e. The fraction of sp³-hybridized carbons (Fsp3) is 0.263. The van der Waals surface area contributed by atoms with Gasteiger partial charge in [0.2, 0.25) is 0 Å². The maximum atomic E-state index is 12.1. The van der Waals surface area contributed by atoms with Crippen LogP contribution in [0.25, 0.3) is 0 Å². The molecular weight excluding hydrogens is 358 g/mol. The molecule has 0 fully saturated rings. The van der Waals surface area contributed by atoms with Crippen molar-refractivity contribution >= 4 is 23.5 Å². The smallest absolute Gasteiger partial charge is 0.338 e. The van der Waals surface area contributed by atoms with Gasteiger partial charge in [0.1, 0.15) is 0 Å². The van der Waals surface area contributed by atoms with Crippen LogP contribution in [0.3, 0.4) is 0 Å². The van der Waals surface area contributed by atoms with Gasteiger partial charge in [-0.15, -0.1) is 0 Å². The van der Waals surface area contributed by atoms with E-state index >= 15 is 0 Å². The molecule has 6 nitrogen and oxygen atoms in total. The van der Waals surface area contributed by atoms with Gasteiger partial charge in [0.05, 0.1) is 19.3 Å². The monoisotopic (exact) mass is 377 g/mol. The van der Waals surface area contributed by atoms with Crippen molar-refractivity contribution < 1.29 is 23.8 Å². The van der Waals surface area contributed by atoms with Crippen molar-refractivity contribution in [3.05, 3.63) is 58.6 Å². The fourth-order valence-electron chi connectivity index (χ4n) is 2.14. The Kier molecular flexibility index (Phi) is 7.29. The third-order valence-corrected chi connectivity index (χ3v) is 3.69. The van der Waals surface area contributed by atoms with Gasteiger partial charge in [-0.1, -0.05) is 23.7 Å². The number of benzene rings is 2. The van der Waals surface area contributed by atoms with Gasteiger partial charge in [-0.2, -0.15) is 0 Å². The molecule has 0 unspecified atom stereocenters. The van der Waals surface area contributed by atoms with Crippen LogP contribution >= 0.6 is 11.6 Å². The van der Waals surface area contributed by atoms with E-state index in [0.717, 1.165) is 5.56 Å². The average Bonchev–Trinajstić information content (AvgIpc) is 2.65. The Bertz CT molecular complexity index is 761. The Labute approximate surface area is 157 Å². The van der Waals surface area contributed by atoms with E-state index in [2.05, 4.69) is 5.32 Å². The lowest BCUT2D eigenvalue weighted by molar-refractivity contribution is -0.124. The first kappa shape index (κ1) is 19.6. The predicted molar refractivity (Wildman–Crippen MR) is 97.7 cm³/mol. The first-order valence-electron chi connectivity index (χ1n) is 8.02. The molecule has 0 heterocycles. The lowest BCUT2D eigenvalue weighted by Gasteiger charge is -2.11. The van der Waals surface area contributed by atoms with Crippen molar-refractivity contribution in [1.82, 2.24) is 5.32 Å². The molecule has 0 bridgehead atoms. The third-order valence-electron chi connectivity index (χ3n) is 3.44. The van der Waals surface area contributed by atoms with Gasteiger partial charge in [-0.25, -0.2) is 4.79 Å². The van der Waals surface area contributed by atoms with Crippen LogP contribution in [0, 0.1) is 0 Å². The summed E-state index contributed by atoms with van der Waals surface area (Å²) < 4.78 is 15.6. The van der Waals surface area contributed by atoms with Crippen molar-refractivity contribution in [3.8, 4) is 11.5 Å². The van der Waals surface area contributed by atoms with Crippen LogP contribution < -0.4 is 14.8 Å². The van der Waals surface area contributed by atoms with Crippen LogP contribution in [0.2, 0.25) is 5.02 Å². The molecule has 2 aromatic rings. The van der Waals surface area contributed by atoms with Gasteiger partial charge in [0, 0.05) is 11.6 Å². The van der Waals surface area contributed by atoms with Gasteiger partial charge in [-0.3, -0.25) is 4.79 Å². The molecule has 0 saturated heterocycles. The summed E-state index contributed by atoms with van der Waals surface area (Å²) in [6.45, 7) is 2.21. The second kappa shape index (κ2) is 9.68. The van der Waals surface area contributed by atoms with E-state index in [1.165, 1.54) is 13.2 Å². The summed E-state index contributed by atoms with van der Waals surface area (Å²) in [5.41, 5.74) is 1.17. The molecule has 0 aliphatic rings. The molecular formula is C19H20ClNO5. The number of nitrogens with one attached hydrogen (secondary N) is 1. The molecule has 0 aliphatic heterocycles. The summed E-state index contributed by atoms with van der Waals surface area (Å²) in [5, 5.41) is 3.30. The number of hydrogen-bond donors (Lipinski definition) is 1. The zero-order valence-electron chi connectivity index (χ0n) is 14.6. The predicted octanol–water partition coefficient (Wildman–Crippen LogP) is 3.22. The lowest BCUT2D eigenvalue weighted by Crippen LogP contribution is -2.28. The summed E-state index contributed by atoms with van der Waals surface area (Å²) >= 11 is 5.81. The molecule has 0 radical (unpaired) electrons. The number of methoxy groups -OCH3 is 1. The number of carbonyl (C=O) groups is 2. The Morgan fingerprint density at radius 1 is 1.08 bits per heavy atom. The van der Waals surface area contributed by atoms with Crippen LogP contribution in [0.1, 0.15) is 22.8 Å². The molecule has 2 aromatic carbocycles. The zero-order chi connectivity index (χ0) is 18.9. The third kappa shape index (κ3) is 5.67. The molecule has 0 saturated carbocycles. The van der Waals surface area contributed by atoms with Gasteiger partial charge in [0.15, 0.2) is 18.1 Å². The molecule has 0 spiro atoms. The van der Waals surface area contributed by atoms with E-state index in [1.807, 2.05) is 6.92 Å². The highest BCUT2D eigenvalue weighted by atomic mass is 35.5. The number of esters is 1.